The molecule has 126 valence electrons. The van der Waals surface area contributed by atoms with E-state index >= 15 is 0 Å². The summed E-state index contributed by atoms with van der Waals surface area (Å²) < 4.78 is 5.20. The van der Waals surface area contributed by atoms with E-state index in [-0.39, 0.29) is 0 Å². The van der Waals surface area contributed by atoms with Crippen LogP contribution in [0.2, 0.25) is 0 Å². The second kappa shape index (κ2) is 7.15. The van der Waals surface area contributed by atoms with Crippen molar-refractivity contribution in [1.82, 2.24) is 15.0 Å². The van der Waals surface area contributed by atoms with Crippen molar-refractivity contribution >= 4 is 0 Å². The molecule has 0 unspecified atom stereocenters. The van der Waals surface area contributed by atoms with Gasteiger partial charge in [0, 0.05) is 17.3 Å². The zero-order valence-electron chi connectivity index (χ0n) is 14.3. The molecule has 0 amide bonds. The van der Waals surface area contributed by atoms with E-state index in [1.165, 1.54) is 0 Å². The van der Waals surface area contributed by atoms with Gasteiger partial charge in [-0.15, -0.1) is 0 Å². The number of hydrogen-bond donors (Lipinski definition) is 0. The molecule has 4 nitrogen and oxygen atoms in total. The lowest BCUT2D eigenvalue weighted by Gasteiger charge is -2.07. The Morgan fingerprint density at radius 3 is 2.12 bits per heavy atom. The molecule has 2 aromatic carbocycles. The molecule has 2 heterocycles. The number of benzene rings is 2. The molecule has 0 spiro atoms. The van der Waals surface area contributed by atoms with Gasteiger partial charge in [-0.1, -0.05) is 36.4 Å². The van der Waals surface area contributed by atoms with E-state index < -0.39 is 0 Å². The zero-order chi connectivity index (χ0) is 17.8. The number of methoxy groups -OCH3 is 1. The summed E-state index contributed by atoms with van der Waals surface area (Å²) in [7, 11) is 1.65. The van der Waals surface area contributed by atoms with Gasteiger partial charge in [-0.05, 0) is 42.5 Å². The molecule has 0 bridgehead atoms. The maximum atomic E-state index is 5.20. The molecule has 0 saturated carbocycles. The maximum absolute atomic E-state index is 5.20. The van der Waals surface area contributed by atoms with Crippen LogP contribution in [0, 0.1) is 0 Å². The normalized spacial score (nSPS) is 10.5. The summed E-state index contributed by atoms with van der Waals surface area (Å²) in [5.41, 5.74) is 4.56. The van der Waals surface area contributed by atoms with E-state index in [4.69, 9.17) is 9.72 Å². The van der Waals surface area contributed by atoms with Gasteiger partial charge in [0.05, 0.1) is 24.2 Å². The standard InChI is InChI=1S/C22H17N3O/c1-26-18-12-10-17(11-13-18)22-23-15-14-21(25-22)20-9-5-8-19(24-20)16-6-3-2-4-7-16/h2-15H,1H3. The Morgan fingerprint density at radius 2 is 1.35 bits per heavy atom. The van der Waals surface area contributed by atoms with Gasteiger partial charge in [0.25, 0.3) is 0 Å². The lowest BCUT2D eigenvalue weighted by Crippen LogP contribution is -1.94. The van der Waals surface area contributed by atoms with Crippen LogP contribution < -0.4 is 4.74 Å². The van der Waals surface area contributed by atoms with E-state index in [0.717, 1.165) is 34.0 Å². The molecule has 0 fully saturated rings. The smallest absolute Gasteiger partial charge is 0.159 e. The highest BCUT2D eigenvalue weighted by molar-refractivity contribution is 5.65. The monoisotopic (exact) mass is 339 g/mol. The van der Waals surface area contributed by atoms with Gasteiger partial charge in [-0.25, -0.2) is 15.0 Å². The average Bonchev–Trinajstić information content (AvgIpc) is 2.75. The lowest BCUT2D eigenvalue weighted by atomic mass is 10.1. The van der Waals surface area contributed by atoms with Crippen LogP contribution in [0.15, 0.2) is 85.1 Å². The third kappa shape index (κ3) is 3.30. The summed E-state index contributed by atoms with van der Waals surface area (Å²) in [6.45, 7) is 0. The highest BCUT2D eigenvalue weighted by Crippen LogP contribution is 2.24. The molecule has 0 atom stereocenters. The zero-order valence-corrected chi connectivity index (χ0v) is 14.3. The fourth-order valence-electron chi connectivity index (χ4n) is 2.73. The second-order valence-corrected chi connectivity index (χ2v) is 5.77. The summed E-state index contributed by atoms with van der Waals surface area (Å²) >= 11 is 0. The fourth-order valence-corrected chi connectivity index (χ4v) is 2.73. The number of pyridine rings is 1. The molecule has 4 aromatic rings. The highest BCUT2D eigenvalue weighted by Gasteiger charge is 2.07. The predicted molar refractivity (Wildman–Crippen MR) is 103 cm³/mol. The molecule has 0 N–H and O–H groups in total. The van der Waals surface area contributed by atoms with Gasteiger partial charge in [0.2, 0.25) is 0 Å². The summed E-state index contributed by atoms with van der Waals surface area (Å²) in [4.78, 5) is 13.8. The first kappa shape index (κ1) is 16.0. The maximum Gasteiger partial charge on any atom is 0.159 e. The van der Waals surface area contributed by atoms with Crippen LogP contribution in [0.4, 0.5) is 0 Å². The molecule has 0 aliphatic heterocycles. The van der Waals surface area contributed by atoms with Crippen molar-refractivity contribution in [3.05, 3.63) is 85.1 Å². The Balaban J connectivity index is 1.70. The van der Waals surface area contributed by atoms with Gasteiger partial charge in [0.1, 0.15) is 5.75 Å². The first-order valence-corrected chi connectivity index (χ1v) is 8.34. The van der Waals surface area contributed by atoms with E-state index in [1.54, 1.807) is 13.3 Å². The SMILES string of the molecule is COc1ccc(-c2nccc(-c3cccc(-c4ccccc4)n3)n2)cc1. The number of hydrogen-bond acceptors (Lipinski definition) is 4. The first-order chi connectivity index (χ1) is 12.8. The number of rotatable bonds is 4. The van der Waals surface area contributed by atoms with Crippen LogP contribution in [0.3, 0.4) is 0 Å². The van der Waals surface area contributed by atoms with Crippen LogP contribution in [0.5, 0.6) is 5.75 Å². The molecule has 0 saturated heterocycles. The molecule has 4 heteroatoms. The predicted octanol–water partition coefficient (Wildman–Crippen LogP) is 4.88. The van der Waals surface area contributed by atoms with E-state index in [2.05, 4.69) is 22.1 Å². The topological polar surface area (TPSA) is 47.9 Å². The first-order valence-electron chi connectivity index (χ1n) is 8.34. The Bertz CT molecular complexity index is 1010. The number of aromatic nitrogens is 3. The van der Waals surface area contributed by atoms with Crippen molar-refractivity contribution in [2.75, 3.05) is 7.11 Å². The van der Waals surface area contributed by atoms with Crippen molar-refractivity contribution in [2.45, 2.75) is 0 Å². The summed E-state index contributed by atoms with van der Waals surface area (Å²) in [6.07, 6.45) is 1.76. The third-order valence-corrected chi connectivity index (χ3v) is 4.08. The molecule has 0 aliphatic rings. The minimum atomic E-state index is 0.664. The molecule has 2 aromatic heterocycles. The third-order valence-electron chi connectivity index (χ3n) is 4.08. The molecule has 0 aliphatic carbocycles. The summed E-state index contributed by atoms with van der Waals surface area (Å²) in [6, 6.07) is 25.7. The van der Waals surface area contributed by atoms with E-state index in [9.17, 15) is 0 Å². The molecule has 0 radical (unpaired) electrons. The van der Waals surface area contributed by atoms with Crippen molar-refractivity contribution in [3.8, 4) is 39.8 Å². The van der Waals surface area contributed by atoms with E-state index in [0.29, 0.717) is 5.82 Å². The van der Waals surface area contributed by atoms with Crippen LogP contribution >= 0.6 is 0 Å². The molecule has 4 rings (SSSR count). The van der Waals surface area contributed by atoms with Crippen molar-refractivity contribution in [2.24, 2.45) is 0 Å². The lowest BCUT2D eigenvalue weighted by molar-refractivity contribution is 0.415. The van der Waals surface area contributed by atoms with Gasteiger partial charge in [0.15, 0.2) is 5.82 Å². The molecule has 26 heavy (non-hydrogen) atoms. The van der Waals surface area contributed by atoms with Gasteiger partial charge >= 0.3 is 0 Å². The van der Waals surface area contributed by atoms with Crippen molar-refractivity contribution in [3.63, 3.8) is 0 Å². The van der Waals surface area contributed by atoms with Crippen LogP contribution in [0.1, 0.15) is 0 Å². The van der Waals surface area contributed by atoms with Crippen LogP contribution in [0.25, 0.3) is 34.0 Å². The highest BCUT2D eigenvalue weighted by atomic mass is 16.5. The minimum Gasteiger partial charge on any atom is -0.497 e. The van der Waals surface area contributed by atoms with Gasteiger partial charge < -0.3 is 4.74 Å². The summed E-state index contributed by atoms with van der Waals surface area (Å²) in [5, 5.41) is 0. The fraction of sp³-hybridized carbons (Fsp3) is 0.0455. The minimum absolute atomic E-state index is 0.664. The van der Waals surface area contributed by atoms with Crippen molar-refractivity contribution in [1.29, 1.82) is 0 Å². The summed E-state index contributed by atoms with van der Waals surface area (Å²) in [5.74, 6) is 1.47. The van der Waals surface area contributed by atoms with Crippen LogP contribution in [-0.2, 0) is 0 Å². The second-order valence-electron chi connectivity index (χ2n) is 5.77. The average molecular weight is 339 g/mol. The van der Waals surface area contributed by atoms with Crippen LogP contribution in [-0.4, -0.2) is 22.1 Å². The largest absolute Gasteiger partial charge is 0.497 e. The number of ether oxygens (including phenoxy) is 1. The molecular weight excluding hydrogens is 322 g/mol. The van der Waals surface area contributed by atoms with Gasteiger partial charge in [-0.2, -0.15) is 0 Å². The number of nitrogens with zero attached hydrogens (tertiary/aromatic N) is 3. The van der Waals surface area contributed by atoms with E-state index in [1.807, 2.05) is 66.7 Å². The van der Waals surface area contributed by atoms with Crippen molar-refractivity contribution < 1.29 is 4.74 Å². The Kier molecular flexibility index (Phi) is 4.39. The van der Waals surface area contributed by atoms with Gasteiger partial charge in [-0.3, -0.25) is 0 Å². The Labute approximate surface area is 152 Å². The Morgan fingerprint density at radius 1 is 0.615 bits per heavy atom. The molecular formula is C22H17N3O. The quantitative estimate of drug-likeness (QED) is 0.531. The Hall–Kier alpha value is -3.53.